The van der Waals surface area contributed by atoms with Gasteiger partial charge in [0.15, 0.2) is 0 Å². The molecule has 0 fully saturated rings. The van der Waals surface area contributed by atoms with Crippen LogP contribution in [0.15, 0.2) is 4.99 Å². The summed E-state index contributed by atoms with van der Waals surface area (Å²) in [4.78, 5) is 23.2. The summed E-state index contributed by atoms with van der Waals surface area (Å²) in [5.74, 6) is -0.0775. The van der Waals surface area contributed by atoms with Crippen molar-refractivity contribution < 1.29 is 42.3 Å². The molecule has 2 amide bonds. The van der Waals surface area contributed by atoms with E-state index in [0.717, 1.165) is 13.0 Å². The van der Waals surface area contributed by atoms with E-state index in [1.165, 1.54) is 12.6 Å². The molecule has 0 saturated heterocycles. The van der Waals surface area contributed by atoms with Crippen LogP contribution in [0.25, 0.3) is 0 Å². The van der Waals surface area contributed by atoms with E-state index in [1.807, 2.05) is 0 Å². The minimum atomic E-state index is -0.0775. The number of aliphatic imine (C=N–C) groups is 1. The number of nitrogens with one attached hydrogen (secondary N) is 2. The van der Waals surface area contributed by atoms with E-state index < -0.39 is 0 Å². The molecule has 5 nitrogen and oxygen atoms in total. The van der Waals surface area contributed by atoms with Crippen LogP contribution in [0, 0.1) is 6.92 Å². The summed E-state index contributed by atoms with van der Waals surface area (Å²) in [7, 11) is 0. The molecule has 1 aliphatic heterocycles. The molecular weight excluding hydrogens is 259 g/mol. The first-order valence-corrected chi connectivity index (χ1v) is 3.98. The molecule has 0 aliphatic carbocycles. The topological polar surface area (TPSA) is 70.6 Å². The third kappa shape index (κ3) is 11.7. The van der Waals surface area contributed by atoms with Gasteiger partial charge in [0.2, 0.25) is 0 Å². The first-order valence-electron chi connectivity index (χ1n) is 3.98. The van der Waals surface area contributed by atoms with Gasteiger partial charge in [-0.2, -0.15) is 12.8 Å². The van der Waals surface area contributed by atoms with Gasteiger partial charge in [-0.3, -0.25) is 9.79 Å². The van der Waals surface area contributed by atoms with Crippen LogP contribution >= 0.6 is 0 Å². The SMILES string of the molecule is O=C1C=NCCN1.[CH2-]CCN[C-]=O.[Y]. The standard InChI is InChI=1S/C4H6N2O.C4H7NO.Y/c7-4-3-5-1-2-6-4;1-2-3-5-4-6;/h3H,1-2H2,(H,6,7);1-3H2,(H,5,6);/q;-2;. The van der Waals surface area contributed by atoms with Gasteiger partial charge < -0.3 is 22.4 Å². The fraction of sp³-hybridized carbons (Fsp3) is 0.500. The van der Waals surface area contributed by atoms with Crippen LogP contribution in [0.1, 0.15) is 6.42 Å². The second-order valence-electron chi connectivity index (χ2n) is 2.21. The summed E-state index contributed by atoms with van der Waals surface area (Å²) in [6.07, 6.45) is 3.57. The Hall–Kier alpha value is -0.286. The molecule has 1 heterocycles. The van der Waals surface area contributed by atoms with E-state index in [1.54, 1.807) is 0 Å². The summed E-state index contributed by atoms with van der Waals surface area (Å²) in [5.41, 5.74) is 0. The monoisotopic (exact) mass is 272 g/mol. The Morgan fingerprint density at radius 3 is 2.64 bits per heavy atom. The zero-order valence-electron chi connectivity index (χ0n) is 7.95. The molecule has 0 bridgehead atoms. The fourth-order valence-corrected chi connectivity index (χ4v) is 0.576. The van der Waals surface area contributed by atoms with Crippen molar-refractivity contribution >= 4 is 18.5 Å². The molecule has 1 radical (unpaired) electrons. The Balaban J connectivity index is 0. The fourth-order valence-electron chi connectivity index (χ4n) is 0.576. The first kappa shape index (κ1) is 16.2. The Kier molecular flexibility index (Phi) is 14.7. The summed E-state index contributed by atoms with van der Waals surface area (Å²) in [5, 5.41) is 4.92. The Bertz CT molecular complexity index is 185. The number of carbonyl (C=O) groups excluding carboxylic acids is 2. The summed E-state index contributed by atoms with van der Waals surface area (Å²) >= 11 is 0. The van der Waals surface area contributed by atoms with E-state index in [2.05, 4.69) is 22.5 Å². The van der Waals surface area contributed by atoms with Crippen LogP contribution in [0.2, 0.25) is 0 Å². The predicted molar refractivity (Wildman–Crippen MR) is 50.0 cm³/mol. The maximum atomic E-state index is 10.2. The summed E-state index contributed by atoms with van der Waals surface area (Å²) in [6, 6.07) is 0. The van der Waals surface area contributed by atoms with Gasteiger partial charge in [0.1, 0.15) is 0 Å². The van der Waals surface area contributed by atoms with Crippen molar-refractivity contribution in [3.8, 4) is 0 Å². The van der Waals surface area contributed by atoms with Crippen molar-refractivity contribution in [3.05, 3.63) is 6.92 Å². The van der Waals surface area contributed by atoms with Crippen LogP contribution in [-0.2, 0) is 42.3 Å². The van der Waals surface area contributed by atoms with E-state index >= 15 is 0 Å². The predicted octanol–water partition coefficient (Wildman–Crippen LogP) is -0.948. The molecule has 0 unspecified atom stereocenters. The van der Waals surface area contributed by atoms with Crippen molar-refractivity contribution in [2.24, 2.45) is 4.99 Å². The zero-order valence-corrected chi connectivity index (χ0v) is 10.8. The molecule has 14 heavy (non-hydrogen) atoms. The molecule has 0 aromatic rings. The average molecular weight is 272 g/mol. The molecule has 6 heteroatoms. The molecule has 1 rings (SSSR count). The van der Waals surface area contributed by atoms with Crippen molar-refractivity contribution in [1.82, 2.24) is 10.6 Å². The average Bonchev–Trinajstić information content (AvgIpc) is 2.17. The third-order valence-electron chi connectivity index (χ3n) is 1.12. The quantitative estimate of drug-likeness (QED) is 0.395. The molecule has 0 spiro atoms. The largest absolute Gasteiger partial charge is 0.532 e. The minimum absolute atomic E-state index is 0. The van der Waals surface area contributed by atoms with Crippen molar-refractivity contribution in [2.45, 2.75) is 6.42 Å². The van der Waals surface area contributed by atoms with Gasteiger partial charge in [-0.1, -0.05) is 0 Å². The van der Waals surface area contributed by atoms with E-state index in [0.29, 0.717) is 13.1 Å². The second kappa shape index (κ2) is 12.7. The molecule has 77 valence electrons. The van der Waals surface area contributed by atoms with Gasteiger partial charge in [0.25, 0.3) is 5.91 Å². The molecule has 0 saturated carbocycles. The van der Waals surface area contributed by atoms with Crippen LogP contribution in [0.4, 0.5) is 0 Å². The normalized spacial score (nSPS) is 12.8. The molecule has 0 aromatic carbocycles. The van der Waals surface area contributed by atoms with E-state index in [9.17, 15) is 9.59 Å². The van der Waals surface area contributed by atoms with Crippen molar-refractivity contribution in [2.75, 3.05) is 19.6 Å². The Morgan fingerprint density at radius 2 is 2.43 bits per heavy atom. The zero-order chi connectivity index (χ0) is 9.94. The number of rotatable bonds is 3. The van der Waals surface area contributed by atoms with Gasteiger partial charge in [-0.15, -0.1) is 0 Å². The third-order valence-corrected chi connectivity index (χ3v) is 1.12. The minimum Gasteiger partial charge on any atom is -0.532 e. The van der Waals surface area contributed by atoms with Crippen molar-refractivity contribution in [1.29, 1.82) is 0 Å². The first-order chi connectivity index (χ1) is 6.31. The smallest absolute Gasteiger partial charge is 0.262 e. The van der Waals surface area contributed by atoms with E-state index in [4.69, 9.17) is 0 Å². The maximum absolute atomic E-state index is 10.2. The van der Waals surface area contributed by atoms with Gasteiger partial charge in [0.05, 0.1) is 12.8 Å². The maximum Gasteiger partial charge on any atom is 0.262 e. The van der Waals surface area contributed by atoms with Crippen LogP contribution < -0.4 is 10.6 Å². The van der Waals surface area contributed by atoms with Gasteiger partial charge >= 0.3 is 0 Å². The number of carbonyl (C=O) groups is 1. The number of amides is 2. The van der Waals surface area contributed by atoms with Crippen LogP contribution in [0.5, 0.6) is 0 Å². The van der Waals surface area contributed by atoms with Gasteiger partial charge in [0, 0.05) is 39.3 Å². The number of nitrogens with zero attached hydrogens (tertiary/aromatic N) is 1. The number of hydrogen-bond acceptors (Lipinski definition) is 3. The molecule has 0 aromatic heterocycles. The van der Waals surface area contributed by atoms with Crippen LogP contribution in [-0.4, -0.2) is 38.2 Å². The Morgan fingerprint density at radius 1 is 1.71 bits per heavy atom. The van der Waals surface area contributed by atoms with Crippen molar-refractivity contribution in [3.63, 3.8) is 0 Å². The molecular formula is C8H13N3O2Y-2. The van der Waals surface area contributed by atoms with Gasteiger partial charge in [-0.05, 0) is 6.54 Å². The summed E-state index contributed by atoms with van der Waals surface area (Å²) in [6.45, 7) is 5.53. The molecule has 2 N–H and O–H groups in total. The Labute approximate surface area is 109 Å². The molecule has 1 aliphatic rings. The number of hydrogen-bond donors (Lipinski definition) is 2. The van der Waals surface area contributed by atoms with Crippen LogP contribution in [0.3, 0.4) is 0 Å². The van der Waals surface area contributed by atoms with E-state index in [-0.39, 0.29) is 38.6 Å². The molecule has 0 atom stereocenters. The van der Waals surface area contributed by atoms with Gasteiger partial charge in [-0.25, -0.2) is 0 Å². The second-order valence-corrected chi connectivity index (χ2v) is 2.21. The summed E-state index contributed by atoms with van der Waals surface area (Å²) < 4.78 is 0.